The average molecular weight is 448 g/mol. The molecular weight excluding hydrogens is 426 g/mol. The highest BCUT2D eigenvalue weighted by molar-refractivity contribution is 6.32. The van der Waals surface area contributed by atoms with Crippen molar-refractivity contribution >= 4 is 35.1 Å². The Kier molecular flexibility index (Phi) is 4.19. The molecule has 4 aliphatic carbocycles. The molecule has 1 heterocycles. The molecule has 2 aromatic carbocycles. The number of benzene rings is 2. The SMILES string of the molecule is Cc1cc(OC(=O)c2cccc(N3C(=O)[C@H]4[C@@H]5C=C[C@@H]([C@H]6C[C@H]56)[C@@H]4C3=O)c2)cc(C)c1Cl. The van der Waals surface area contributed by atoms with Gasteiger partial charge in [0.15, 0.2) is 0 Å². The number of amides is 2. The molecule has 162 valence electrons. The Morgan fingerprint density at radius 3 is 2.16 bits per heavy atom. The molecule has 2 amide bonds. The molecule has 2 saturated carbocycles. The lowest BCUT2D eigenvalue weighted by atomic mass is 9.63. The molecule has 0 aromatic heterocycles. The molecule has 0 spiro atoms. The van der Waals surface area contributed by atoms with E-state index in [1.165, 1.54) is 4.90 Å². The molecule has 5 aliphatic rings. The number of nitrogens with zero attached hydrogens (tertiary/aromatic N) is 1. The molecule has 6 atom stereocenters. The van der Waals surface area contributed by atoms with Crippen molar-refractivity contribution < 1.29 is 19.1 Å². The van der Waals surface area contributed by atoms with Crippen LogP contribution in [0.25, 0.3) is 0 Å². The minimum Gasteiger partial charge on any atom is -0.423 e. The summed E-state index contributed by atoms with van der Waals surface area (Å²) in [6.45, 7) is 3.70. The van der Waals surface area contributed by atoms with Gasteiger partial charge in [0.05, 0.1) is 23.1 Å². The van der Waals surface area contributed by atoms with Crippen molar-refractivity contribution in [3.8, 4) is 5.75 Å². The summed E-state index contributed by atoms with van der Waals surface area (Å²) in [5, 5.41) is 0.639. The summed E-state index contributed by atoms with van der Waals surface area (Å²) in [5.41, 5.74) is 2.35. The molecule has 5 nitrogen and oxygen atoms in total. The Morgan fingerprint density at radius 2 is 1.56 bits per heavy atom. The second-order valence-electron chi connectivity index (χ2n) is 9.48. The highest BCUT2D eigenvalue weighted by Crippen LogP contribution is 2.65. The van der Waals surface area contributed by atoms with Crippen LogP contribution in [0.1, 0.15) is 27.9 Å². The van der Waals surface area contributed by atoms with Gasteiger partial charge in [-0.1, -0.05) is 29.8 Å². The maximum Gasteiger partial charge on any atom is 0.343 e. The number of aryl methyl sites for hydroxylation is 2. The maximum absolute atomic E-state index is 13.3. The molecule has 32 heavy (non-hydrogen) atoms. The molecule has 0 radical (unpaired) electrons. The van der Waals surface area contributed by atoms with E-state index in [-0.39, 0.29) is 41.0 Å². The van der Waals surface area contributed by atoms with Crippen molar-refractivity contribution in [2.75, 3.05) is 4.90 Å². The number of rotatable bonds is 3. The number of carbonyl (C=O) groups excluding carboxylic acids is 3. The third-order valence-corrected chi connectivity index (χ3v) is 8.22. The Morgan fingerprint density at radius 1 is 0.969 bits per heavy atom. The van der Waals surface area contributed by atoms with Gasteiger partial charge in [-0.2, -0.15) is 0 Å². The number of allylic oxidation sites excluding steroid dienone is 2. The molecule has 1 saturated heterocycles. The number of hydrogen-bond acceptors (Lipinski definition) is 4. The Labute approximate surface area is 191 Å². The van der Waals surface area contributed by atoms with Gasteiger partial charge in [0.25, 0.3) is 0 Å². The summed E-state index contributed by atoms with van der Waals surface area (Å²) < 4.78 is 5.55. The third kappa shape index (κ3) is 2.73. The van der Waals surface area contributed by atoms with E-state index in [1.54, 1.807) is 36.4 Å². The summed E-state index contributed by atoms with van der Waals surface area (Å²) in [7, 11) is 0. The van der Waals surface area contributed by atoms with Crippen molar-refractivity contribution in [2.45, 2.75) is 20.3 Å². The summed E-state index contributed by atoms with van der Waals surface area (Å²) in [6, 6.07) is 10.0. The maximum atomic E-state index is 13.3. The first-order chi connectivity index (χ1) is 15.3. The molecular formula is C26H22ClNO4. The lowest BCUT2D eigenvalue weighted by molar-refractivity contribution is -0.124. The molecule has 1 aliphatic heterocycles. The van der Waals surface area contributed by atoms with E-state index in [0.717, 1.165) is 17.5 Å². The van der Waals surface area contributed by atoms with Crippen LogP contribution in [-0.4, -0.2) is 17.8 Å². The lowest BCUT2D eigenvalue weighted by Crippen LogP contribution is -2.40. The van der Waals surface area contributed by atoms with E-state index >= 15 is 0 Å². The van der Waals surface area contributed by atoms with E-state index < -0.39 is 5.97 Å². The van der Waals surface area contributed by atoms with Gasteiger partial charge in [0, 0.05) is 5.02 Å². The molecule has 3 fully saturated rings. The summed E-state index contributed by atoms with van der Waals surface area (Å²) in [6.07, 6.45) is 5.43. The summed E-state index contributed by atoms with van der Waals surface area (Å²) in [4.78, 5) is 40.8. The van der Waals surface area contributed by atoms with Crippen LogP contribution in [0.2, 0.25) is 5.02 Å². The molecule has 0 N–H and O–H groups in total. The van der Waals surface area contributed by atoms with E-state index in [9.17, 15) is 14.4 Å². The predicted octanol–water partition coefficient (Wildman–Crippen LogP) is 4.73. The number of halogens is 1. The van der Waals surface area contributed by atoms with Crippen LogP contribution >= 0.6 is 11.6 Å². The van der Waals surface area contributed by atoms with Crippen LogP contribution in [0.4, 0.5) is 5.69 Å². The van der Waals surface area contributed by atoms with E-state index in [4.69, 9.17) is 16.3 Å². The molecule has 6 heteroatoms. The van der Waals surface area contributed by atoms with Gasteiger partial charge in [0.2, 0.25) is 11.8 Å². The Hall–Kier alpha value is -2.92. The minimum absolute atomic E-state index is 0.140. The smallest absolute Gasteiger partial charge is 0.343 e. The normalized spacial score (nSPS) is 31.5. The highest BCUT2D eigenvalue weighted by atomic mass is 35.5. The fraction of sp³-hybridized carbons (Fsp3) is 0.346. The number of ether oxygens (including phenoxy) is 1. The van der Waals surface area contributed by atoms with Crippen molar-refractivity contribution in [2.24, 2.45) is 35.5 Å². The van der Waals surface area contributed by atoms with Gasteiger partial charge in [-0.15, -0.1) is 0 Å². The standard InChI is InChI=1S/C26H22ClNO4/c1-12-8-16(9-13(2)23(12)27)32-26(31)14-4-3-5-15(10-14)28-24(29)21-17-6-7-18(20-11-19(17)20)22(21)25(28)30/h3-10,17-22H,11H2,1-2H3/t17-,18+,19-,20-,21+,22+/m1/s1. The zero-order chi connectivity index (χ0) is 22.3. The first-order valence-electron chi connectivity index (χ1n) is 11.0. The first-order valence-corrected chi connectivity index (χ1v) is 11.4. The van der Waals surface area contributed by atoms with Crippen LogP contribution < -0.4 is 9.64 Å². The number of esters is 1. The van der Waals surface area contributed by atoms with E-state index in [0.29, 0.717) is 28.3 Å². The quantitative estimate of drug-likeness (QED) is 0.295. The third-order valence-electron chi connectivity index (χ3n) is 7.62. The largest absolute Gasteiger partial charge is 0.423 e. The summed E-state index contributed by atoms with van der Waals surface area (Å²) >= 11 is 6.20. The lowest BCUT2D eigenvalue weighted by Gasteiger charge is -2.37. The van der Waals surface area contributed by atoms with Crippen molar-refractivity contribution in [3.05, 3.63) is 70.3 Å². The van der Waals surface area contributed by atoms with Gasteiger partial charge in [-0.3, -0.25) is 9.59 Å². The zero-order valence-electron chi connectivity index (χ0n) is 17.7. The molecule has 7 rings (SSSR count). The highest BCUT2D eigenvalue weighted by Gasteiger charge is 2.67. The van der Waals surface area contributed by atoms with Crippen LogP contribution in [0.3, 0.4) is 0 Å². The Balaban J connectivity index is 1.28. The van der Waals surface area contributed by atoms with Crippen LogP contribution in [-0.2, 0) is 9.59 Å². The van der Waals surface area contributed by atoms with Crippen LogP contribution in [0, 0.1) is 49.4 Å². The molecule has 2 bridgehead atoms. The first kappa shape index (κ1) is 19.7. The summed E-state index contributed by atoms with van der Waals surface area (Å²) in [5.74, 6) is 0.480. The molecule has 0 unspecified atom stereocenters. The van der Waals surface area contributed by atoms with Gasteiger partial charge in [-0.05, 0) is 85.4 Å². The average Bonchev–Trinajstić information content (AvgIpc) is 3.55. The van der Waals surface area contributed by atoms with Crippen LogP contribution in [0.5, 0.6) is 5.75 Å². The number of imide groups is 1. The number of hydrogen-bond donors (Lipinski definition) is 0. The van der Waals surface area contributed by atoms with E-state index in [2.05, 4.69) is 12.2 Å². The Bertz CT molecular complexity index is 1180. The van der Waals surface area contributed by atoms with Crippen molar-refractivity contribution in [1.29, 1.82) is 0 Å². The zero-order valence-corrected chi connectivity index (χ0v) is 18.5. The number of anilines is 1. The monoisotopic (exact) mass is 447 g/mol. The van der Waals surface area contributed by atoms with Gasteiger partial charge < -0.3 is 4.74 Å². The second-order valence-corrected chi connectivity index (χ2v) is 9.86. The van der Waals surface area contributed by atoms with Gasteiger partial charge >= 0.3 is 5.97 Å². The van der Waals surface area contributed by atoms with E-state index in [1.807, 2.05) is 13.8 Å². The number of carbonyl (C=O) groups is 3. The topological polar surface area (TPSA) is 63.7 Å². The fourth-order valence-electron chi connectivity index (χ4n) is 6.11. The van der Waals surface area contributed by atoms with Crippen molar-refractivity contribution in [1.82, 2.24) is 0 Å². The van der Waals surface area contributed by atoms with Crippen LogP contribution in [0.15, 0.2) is 48.6 Å². The predicted molar refractivity (Wildman–Crippen MR) is 120 cm³/mol. The molecule has 2 aromatic rings. The van der Waals surface area contributed by atoms with Crippen molar-refractivity contribution in [3.63, 3.8) is 0 Å². The second kappa shape index (κ2) is 6.79. The fourth-order valence-corrected chi connectivity index (χ4v) is 6.22. The van der Waals surface area contributed by atoms with Gasteiger partial charge in [-0.25, -0.2) is 9.69 Å². The minimum atomic E-state index is -0.549. The van der Waals surface area contributed by atoms with Gasteiger partial charge in [0.1, 0.15) is 5.75 Å².